The number of esters is 1. The summed E-state index contributed by atoms with van der Waals surface area (Å²) in [6.45, 7) is 4.77. The van der Waals surface area contributed by atoms with Crippen LogP contribution >= 0.6 is 11.8 Å². The van der Waals surface area contributed by atoms with Gasteiger partial charge in [-0.2, -0.15) is 0 Å². The van der Waals surface area contributed by atoms with Gasteiger partial charge < -0.3 is 15.4 Å². The van der Waals surface area contributed by atoms with Crippen LogP contribution in [0, 0.1) is 0 Å². The first-order valence-corrected chi connectivity index (χ1v) is 9.31. The van der Waals surface area contributed by atoms with Gasteiger partial charge in [-0.15, -0.1) is 0 Å². The van der Waals surface area contributed by atoms with Gasteiger partial charge in [0.1, 0.15) is 5.25 Å². The molecular formula is C18H20N4O5S. The molecule has 0 fully saturated rings. The van der Waals surface area contributed by atoms with E-state index in [1.54, 1.807) is 44.2 Å². The van der Waals surface area contributed by atoms with Crippen molar-refractivity contribution < 1.29 is 19.1 Å². The first-order chi connectivity index (χ1) is 13.3. The minimum Gasteiger partial charge on any atom is -0.465 e. The molecule has 0 aliphatic carbocycles. The summed E-state index contributed by atoms with van der Waals surface area (Å²) >= 11 is 0.966. The molecule has 1 heterocycles. The van der Waals surface area contributed by atoms with Crippen LogP contribution in [0.15, 0.2) is 40.3 Å². The van der Waals surface area contributed by atoms with E-state index in [9.17, 15) is 19.2 Å². The van der Waals surface area contributed by atoms with E-state index in [2.05, 4.69) is 20.6 Å². The van der Waals surface area contributed by atoms with Gasteiger partial charge in [0, 0.05) is 12.5 Å². The van der Waals surface area contributed by atoms with Crippen LogP contribution in [-0.4, -0.2) is 39.6 Å². The third-order valence-electron chi connectivity index (χ3n) is 3.37. The zero-order valence-electron chi connectivity index (χ0n) is 15.6. The predicted octanol–water partition coefficient (Wildman–Crippen LogP) is 2.02. The zero-order valence-corrected chi connectivity index (χ0v) is 16.4. The largest absolute Gasteiger partial charge is 0.465 e. The van der Waals surface area contributed by atoms with Crippen LogP contribution < -0.4 is 16.2 Å². The summed E-state index contributed by atoms with van der Waals surface area (Å²) in [5.41, 5.74) is -0.524. The summed E-state index contributed by atoms with van der Waals surface area (Å²) in [5, 5.41) is 4.36. The highest BCUT2D eigenvalue weighted by Gasteiger charge is 2.21. The number of carbonyl (C=O) groups is 3. The van der Waals surface area contributed by atoms with Gasteiger partial charge in [0.2, 0.25) is 5.91 Å². The molecule has 9 nitrogen and oxygen atoms in total. The average Bonchev–Trinajstić information content (AvgIpc) is 2.64. The number of nitrogens with zero attached hydrogens (tertiary/aromatic N) is 1. The first kappa shape index (κ1) is 21.2. The molecule has 0 bridgehead atoms. The predicted molar refractivity (Wildman–Crippen MR) is 106 cm³/mol. The van der Waals surface area contributed by atoms with Gasteiger partial charge in [-0.1, -0.05) is 30.0 Å². The Bertz CT molecular complexity index is 929. The Hall–Kier alpha value is -3.14. The van der Waals surface area contributed by atoms with Crippen molar-refractivity contribution in [2.75, 3.05) is 17.2 Å². The van der Waals surface area contributed by atoms with E-state index in [0.29, 0.717) is 5.56 Å². The second-order valence-corrected chi connectivity index (χ2v) is 6.94. The van der Waals surface area contributed by atoms with Gasteiger partial charge >= 0.3 is 5.97 Å². The molecule has 1 aromatic carbocycles. The molecule has 0 spiro atoms. The van der Waals surface area contributed by atoms with Crippen molar-refractivity contribution in [3.63, 3.8) is 0 Å². The van der Waals surface area contributed by atoms with Crippen LogP contribution in [0.3, 0.4) is 0 Å². The van der Waals surface area contributed by atoms with Crippen molar-refractivity contribution in [2.45, 2.75) is 31.2 Å². The van der Waals surface area contributed by atoms with Crippen molar-refractivity contribution in [2.24, 2.45) is 0 Å². The Morgan fingerprint density at radius 2 is 1.89 bits per heavy atom. The van der Waals surface area contributed by atoms with Gasteiger partial charge in [-0.25, -0.2) is 4.98 Å². The average molecular weight is 404 g/mol. The van der Waals surface area contributed by atoms with Crippen LogP contribution in [0.5, 0.6) is 0 Å². The van der Waals surface area contributed by atoms with Crippen LogP contribution in [0.25, 0.3) is 0 Å². The third-order valence-corrected chi connectivity index (χ3v) is 4.34. The second kappa shape index (κ2) is 9.70. The van der Waals surface area contributed by atoms with E-state index in [-0.39, 0.29) is 23.3 Å². The molecule has 1 atom stereocenters. The van der Waals surface area contributed by atoms with Crippen LogP contribution in [0.4, 0.5) is 11.5 Å². The molecule has 0 saturated carbocycles. The van der Waals surface area contributed by atoms with Crippen LogP contribution in [0.2, 0.25) is 0 Å². The van der Waals surface area contributed by atoms with Gasteiger partial charge in [-0.05, 0) is 26.0 Å². The number of ether oxygens (including phenoxy) is 1. The van der Waals surface area contributed by atoms with Crippen molar-refractivity contribution >= 4 is 41.1 Å². The summed E-state index contributed by atoms with van der Waals surface area (Å²) in [6.07, 6.45) is 0. The molecule has 2 aromatic rings. The van der Waals surface area contributed by atoms with Crippen molar-refractivity contribution in [1.82, 2.24) is 9.97 Å². The first-order valence-electron chi connectivity index (χ1n) is 8.43. The fourth-order valence-electron chi connectivity index (χ4n) is 2.13. The molecule has 0 radical (unpaired) electrons. The SMILES string of the molecule is CCOC(=O)[C@H](C)Sc1nc(NC(C)=O)c(NC(=O)c2ccccc2)c(=O)[nH]1. The highest BCUT2D eigenvalue weighted by molar-refractivity contribution is 8.00. The highest BCUT2D eigenvalue weighted by Crippen LogP contribution is 2.23. The van der Waals surface area contributed by atoms with E-state index in [1.807, 2.05) is 0 Å². The summed E-state index contributed by atoms with van der Waals surface area (Å²) in [7, 11) is 0. The number of aromatic amines is 1. The number of aromatic nitrogens is 2. The van der Waals surface area contributed by atoms with Gasteiger partial charge in [0.15, 0.2) is 16.7 Å². The molecule has 0 aliphatic heterocycles. The Morgan fingerprint density at radius 3 is 2.50 bits per heavy atom. The second-order valence-electron chi connectivity index (χ2n) is 5.61. The Morgan fingerprint density at radius 1 is 1.21 bits per heavy atom. The number of hydrogen-bond donors (Lipinski definition) is 3. The molecule has 0 aliphatic rings. The smallest absolute Gasteiger partial charge is 0.319 e. The third kappa shape index (κ3) is 5.68. The maximum absolute atomic E-state index is 12.5. The number of nitrogens with one attached hydrogen (secondary N) is 3. The molecule has 1 aromatic heterocycles. The molecule has 10 heteroatoms. The van der Waals surface area contributed by atoms with Gasteiger partial charge in [-0.3, -0.25) is 24.2 Å². The Labute approximate surface area is 165 Å². The molecule has 3 N–H and O–H groups in total. The van der Waals surface area contributed by atoms with Crippen molar-refractivity contribution in [3.05, 3.63) is 46.2 Å². The quantitative estimate of drug-likeness (QED) is 0.366. The number of anilines is 2. The topological polar surface area (TPSA) is 130 Å². The number of thioether (sulfide) groups is 1. The summed E-state index contributed by atoms with van der Waals surface area (Å²) in [5.74, 6) is -1.57. The number of rotatable bonds is 7. The van der Waals surface area contributed by atoms with Crippen LogP contribution in [0.1, 0.15) is 31.1 Å². The fraction of sp³-hybridized carbons (Fsp3) is 0.278. The maximum atomic E-state index is 12.5. The molecule has 0 saturated heterocycles. The normalized spacial score (nSPS) is 11.4. The standard InChI is InChI=1S/C18H20N4O5S/c1-4-27-17(26)10(2)28-18-21-14(19-11(3)23)13(16(25)22-18)20-15(24)12-8-6-5-7-9-12/h5-10H,4H2,1-3H3,(H,20,24)(H2,19,21,22,23,25)/t10-/m0/s1. The van der Waals surface area contributed by atoms with E-state index in [0.717, 1.165) is 11.8 Å². The number of hydrogen-bond acceptors (Lipinski definition) is 7. The minimum atomic E-state index is -0.665. The van der Waals surface area contributed by atoms with Crippen molar-refractivity contribution in [1.29, 1.82) is 0 Å². The van der Waals surface area contributed by atoms with E-state index < -0.39 is 28.6 Å². The molecule has 2 rings (SSSR count). The summed E-state index contributed by atoms with van der Waals surface area (Å²) in [4.78, 5) is 54.8. The van der Waals surface area contributed by atoms with Crippen LogP contribution in [-0.2, 0) is 14.3 Å². The lowest BCUT2D eigenvalue weighted by Gasteiger charge is -2.13. The monoisotopic (exact) mass is 404 g/mol. The lowest BCUT2D eigenvalue weighted by molar-refractivity contribution is -0.142. The number of benzene rings is 1. The highest BCUT2D eigenvalue weighted by atomic mass is 32.2. The molecule has 0 unspecified atom stereocenters. The molecule has 2 amide bonds. The minimum absolute atomic E-state index is 0.104. The fourth-order valence-corrected chi connectivity index (χ4v) is 2.93. The van der Waals surface area contributed by atoms with Crippen molar-refractivity contribution in [3.8, 4) is 0 Å². The van der Waals surface area contributed by atoms with E-state index >= 15 is 0 Å². The molecule has 148 valence electrons. The van der Waals surface area contributed by atoms with Gasteiger partial charge in [0.25, 0.3) is 11.5 Å². The zero-order chi connectivity index (χ0) is 20.7. The molecule has 28 heavy (non-hydrogen) atoms. The Balaban J connectivity index is 2.32. The van der Waals surface area contributed by atoms with Gasteiger partial charge in [0.05, 0.1) is 6.61 Å². The lowest BCUT2D eigenvalue weighted by atomic mass is 10.2. The van der Waals surface area contributed by atoms with E-state index in [1.165, 1.54) is 6.92 Å². The van der Waals surface area contributed by atoms with E-state index in [4.69, 9.17) is 4.74 Å². The number of carbonyl (C=O) groups excluding carboxylic acids is 3. The number of H-pyrrole nitrogens is 1. The lowest BCUT2D eigenvalue weighted by Crippen LogP contribution is -2.25. The molecular weight excluding hydrogens is 384 g/mol. The summed E-state index contributed by atoms with van der Waals surface area (Å²) < 4.78 is 4.92. The number of amides is 2. The summed E-state index contributed by atoms with van der Waals surface area (Å²) in [6, 6.07) is 8.29. The maximum Gasteiger partial charge on any atom is 0.319 e. The Kier molecular flexibility index (Phi) is 7.33.